The predicted octanol–water partition coefficient (Wildman–Crippen LogP) is 5.69. The van der Waals surface area contributed by atoms with Crippen molar-refractivity contribution in [3.05, 3.63) is 68.9 Å². The average molecular weight is 372 g/mol. The van der Waals surface area contributed by atoms with E-state index in [0.717, 1.165) is 5.56 Å². The van der Waals surface area contributed by atoms with E-state index >= 15 is 0 Å². The molecule has 2 aromatic carbocycles. The zero-order valence-electron chi connectivity index (χ0n) is 10.2. The highest BCUT2D eigenvalue weighted by atomic mass is 79.9. The number of benzene rings is 2. The van der Waals surface area contributed by atoms with Crippen LogP contribution in [-0.4, -0.2) is 0 Å². The van der Waals surface area contributed by atoms with E-state index in [2.05, 4.69) is 63.9 Å². The van der Waals surface area contributed by atoms with Crippen molar-refractivity contribution in [3.63, 3.8) is 0 Å². The minimum Gasteiger partial charge on any atom is -0.206 e. The Morgan fingerprint density at radius 1 is 0.944 bits per heavy atom. The highest BCUT2D eigenvalue weighted by Crippen LogP contribution is 2.33. The molecule has 1 atom stereocenters. The SMILES string of the molecule is Cc1cc(C)cc(C(Br)c2ccc(F)c(Br)c2)c1. The Balaban J connectivity index is 2.40. The van der Waals surface area contributed by atoms with Crippen molar-refractivity contribution in [2.75, 3.05) is 0 Å². The summed E-state index contributed by atoms with van der Waals surface area (Å²) in [6.45, 7) is 4.16. The first-order valence-electron chi connectivity index (χ1n) is 5.64. The van der Waals surface area contributed by atoms with Crippen LogP contribution < -0.4 is 0 Å². The third-order valence-corrected chi connectivity index (χ3v) is 4.44. The van der Waals surface area contributed by atoms with E-state index in [4.69, 9.17) is 0 Å². The van der Waals surface area contributed by atoms with Gasteiger partial charge in [0.05, 0.1) is 9.30 Å². The van der Waals surface area contributed by atoms with Crippen LogP contribution in [0.4, 0.5) is 4.39 Å². The maximum atomic E-state index is 13.2. The normalized spacial score (nSPS) is 12.5. The summed E-state index contributed by atoms with van der Waals surface area (Å²) in [6.07, 6.45) is 0. The van der Waals surface area contributed by atoms with Crippen LogP contribution in [0.3, 0.4) is 0 Å². The summed E-state index contributed by atoms with van der Waals surface area (Å²) in [4.78, 5) is 0.0769. The summed E-state index contributed by atoms with van der Waals surface area (Å²) in [5.74, 6) is -0.237. The van der Waals surface area contributed by atoms with Crippen LogP contribution in [0.15, 0.2) is 40.9 Å². The quantitative estimate of drug-likeness (QED) is 0.595. The van der Waals surface area contributed by atoms with Gasteiger partial charge in [-0.3, -0.25) is 0 Å². The molecule has 0 amide bonds. The highest BCUT2D eigenvalue weighted by Gasteiger charge is 2.12. The molecular formula is C15H13Br2F. The van der Waals surface area contributed by atoms with Crippen molar-refractivity contribution >= 4 is 31.9 Å². The monoisotopic (exact) mass is 370 g/mol. The predicted molar refractivity (Wildman–Crippen MR) is 80.8 cm³/mol. The van der Waals surface area contributed by atoms with Crippen LogP contribution in [0.25, 0.3) is 0 Å². The van der Waals surface area contributed by atoms with Crippen molar-refractivity contribution in [1.29, 1.82) is 0 Å². The fraction of sp³-hybridized carbons (Fsp3) is 0.200. The molecule has 0 saturated carbocycles. The van der Waals surface area contributed by atoms with Crippen LogP contribution in [0.1, 0.15) is 27.1 Å². The molecule has 0 aliphatic heterocycles. The second-order valence-corrected chi connectivity index (χ2v) is 6.23. The van der Waals surface area contributed by atoms with Gasteiger partial charge in [0.1, 0.15) is 5.82 Å². The van der Waals surface area contributed by atoms with Gasteiger partial charge >= 0.3 is 0 Å². The van der Waals surface area contributed by atoms with Crippen LogP contribution in [0.2, 0.25) is 0 Å². The molecule has 0 N–H and O–H groups in total. The number of aryl methyl sites for hydroxylation is 2. The molecule has 2 rings (SSSR count). The summed E-state index contributed by atoms with van der Waals surface area (Å²) in [5, 5.41) is 0. The van der Waals surface area contributed by atoms with E-state index in [1.165, 1.54) is 22.8 Å². The third kappa shape index (κ3) is 3.01. The number of rotatable bonds is 2. The molecule has 0 bridgehead atoms. The Morgan fingerprint density at radius 2 is 1.56 bits per heavy atom. The molecule has 0 aliphatic carbocycles. The summed E-state index contributed by atoms with van der Waals surface area (Å²) in [5.41, 5.74) is 4.69. The molecule has 18 heavy (non-hydrogen) atoms. The second kappa shape index (κ2) is 5.54. The van der Waals surface area contributed by atoms with Gasteiger partial charge in [-0.05, 0) is 53.0 Å². The lowest BCUT2D eigenvalue weighted by molar-refractivity contribution is 0.620. The smallest absolute Gasteiger partial charge is 0.137 e. The van der Waals surface area contributed by atoms with Gasteiger partial charge in [0.2, 0.25) is 0 Å². The van der Waals surface area contributed by atoms with Crippen LogP contribution in [-0.2, 0) is 0 Å². The number of hydrogen-bond donors (Lipinski definition) is 0. The van der Waals surface area contributed by atoms with Crippen LogP contribution in [0.5, 0.6) is 0 Å². The summed E-state index contributed by atoms with van der Waals surface area (Å²) in [6, 6.07) is 11.5. The van der Waals surface area contributed by atoms with E-state index in [1.807, 2.05) is 6.07 Å². The first-order chi connectivity index (χ1) is 8.47. The van der Waals surface area contributed by atoms with Crippen molar-refractivity contribution in [1.82, 2.24) is 0 Å². The van der Waals surface area contributed by atoms with E-state index in [1.54, 1.807) is 6.07 Å². The van der Waals surface area contributed by atoms with Gasteiger partial charge in [-0.15, -0.1) is 0 Å². The van der Waals surface area contributed by atoms with Crippen molar-refractivity contribution in [3.8, 4) is 0 Å². The van der Waals surface area contributed by atoms with Crippen LogP contribution in [0, 0.1) is 19.7 Å². The Labute approximate surface area is 123 Å². The molecule has 0 radical (unpaired) electrons. The van der Waals surface area contributed by atoms with Gasteiger partial charge in [-0.1, -0.05) is 51.3 Å². The van der Waals surface area contributed by atoms with Gasteiger partial charge in [0.15, 0.2) is 0 Å². The molecule has 0 fully saturated rings. The standard InChI is InChI=1S/C15H13Br2F/c1-9-5-10(2)7-12(6-9)15(17)11-3-4-14(18)13(16)8-11/h3-8,15H,1-2H3. The molecule has 0 aromatic heterocycles. The zero-order chi connectivity index (χ0) is 13.3. The largest absolute Gasteiger partial charge is 0.206 e. The first kappa shape index (κ1) is 13.8. The lowest BCUT2D eigenvalue weighted by Gasteiger charge is -2.13. The number of alkyl halides is 1. The van der Waals surface area contributed by atoms with Gasteiger partial charge < -0.3 is 0 Å². The molecule has 94 valence electrons. The van der Waals surface area contributed by atoms with Gasteiger partial charge in [0.25, 0.3) is 0 Å². The highest BCUT2D eigenvalue weighted by molar-refractivity contribution is 9.10. The summed E-state index contributed by atoms with van der Waals surface area (Å²) >= 11 is 6.90. The van der Waals surface area contributed by atoms with Gasteiger partial charge in [-0.25, -0.2) is 4.39 Å². The van der Waals surface area contributed by atoms with E-state index < -0.39 is 0 Å². The summed E-state index contributed by atoms with van der Waals surface area (Å²) in [7, 11) is 0. The minimum absolute atomic E-state index is 0.0769. The Kier molecular flexibility index (Phi) is 4.23. The lowest BCUT2D eigenvalue weighted by Crippen LogP contribution is -1.95. The van der Waals surface area contributed by atoms with E-state index in [0.29, 0.717) is 4.47 Å². The maximum Gasteiger partial charge on any atom is 0.137 e. The molecule has 2 aromatic rings. The average Bonchev–Trinajstić information content (AvgIpc) is 2.30. The second-order valence-electron chi connectivity index (χ2n) is 4.46. The Morgan fingerprint density at radius 3 is 2.11 bits per heavy atom. The van der Waals surface area contributed by atoms with Crippen molar-refractivity contribution < 1.29 is 4.39 Å². The lowest BCUT2D eigenvalue weighted by atomic mass is 10.0. The molecule has 0 aliphatic rings. The number of halogens is 3. The molecule has 1 unspecified atom stereocenters. The van der Waals surface area contributed by atoms with E-state index in [9.17, 15) is 4.39 Å². The molecule has 0 spiro atoms. The molecular weight excluding hydrogens is 359 g/mol. The first-order valence-corrected chi connectivity index (χ1v) is 7.35. The Bertz CT molecular complexity index is 558. The van der Waals surface area contributed by atoms with Crippen molar-refractivity contribution in [2.45, 2.75) is 18.7 Å². The molecule has 3 heteroatoms. The molecule has 0 nitrogen and oxygen atoms in total. The third-order valence-electron chi connectivity index (χ3n) is 2.77. The Hall–Kier alpha value is -0.670. The molecule has 0 heterocycles. The fourth-order valence-corrected chi connectivity index (χ4v) is 2.96. The number of hydrogen-bond acceptors (Lipinski definition) is 0. The fourth-order valence-electron chi connectivity index (χ4n) is 2.02. The molecule has 0 saturated heterocycles. The maximum absolute atomic E-state index is 13.2. The minimum atomic E-state index is -0.237. The van der Waals surface area contributed by atoms with Crippen LogP contribution >= 0.6 is 31.9 Å². The zero-order valence-corrected chi connectivity index (χ0v) is 13.3. The van der Waals surface area contributed by atoms with Gasteiger partial charge in [0, 0.05) is 0 Å². The summed E-state index contributed by atoms with van der Waals surface area (Å²) < 4.78 is 13.7. The topological polar surface area (TPSA) is 0 Å². The van der Waals surface area contributed by atoms with E-state index in [-0.39, 0.29) is 10.6 Å². The van der Waals surface area contributed by atoms with Crippen molar-refractivity contribution in [2.24, 2.45) is 0 Å². The van der Waals surface area contributed by atoms with Gasteiger partial charge in [-0.2, -0.15) is 0 Å².